The molecule has 35 heavy (non-hydrogen) atoms. The van der Waals surface area contributed by atoms with Gasteiger partial charge in [-0.05, 0) is 48.4 Å². The van der Waals surface area contributed by atoms with E-state index in [2.05, 4.69) is 4.98 Å². The Hall–Kier alpha value is -4.33. The molecule has 1 amide bonds. The van der Waals surface area contributed by atoms with Crippen molar-refractivity contribution in [1.29, 1.82) is 0 Å². The van der Waals surface area contributed by atoms with Crippen LogP contribution >= 0.6 is 0 Å². The minimum atomic E-state index is -0.729. The zero-order valence-electron chi connectivity index (χ0n) is 19.8. The minimum Gasteiger partial charge on any atom is -0.493 e. The number of methoxy groups -OCH3 is 3. The van der Waals surface area contributed by atoms with E-state index in [4.69, 9.17) is 18.6 Å². The summed E-state index contributed by atoms with van der Waals surface area (Å²) in [5, 5.41) is 0.428. The summed E-state index contributed by atoms with van der Waals surface area (Å²) < 4.78 is 22.6. The van der Waals surface area contributed by atoms with Crippen LogP contribution in [-0.4, -0.2) is 37.1 Å². The number of fused-ring (bicyclic) bond motifs is 2. The van der Waals surface area contributed by atoms with Crippen molar-refractivity contribution in [3.8, 4) is 17.2 Å². The van der Waals surface area contributed by atoms with Crippen LogP contribution in [0, 0.1) is 6.92 Å². The van der Waals surface area contributed by atoms with Crippen LogP contribution in [0.3, 0.4) is 0 Å². The van der Waals surface area contributed by atoms with E-state index in [1.807, 2.05) is 19.1 Å². The summed E-state index contributed by atoms with van der Waals surface area (Å²) in [5.41, 5.74) is 2.79. The first-order chi connectivity index (χ1) is 17.0. The smallest absolute Gasteiger partial charge is 0.291 e. The summed E-state index contributed by atoms with van der Waals surface area (Å²) >= 11 is 0. The van der Waals surface area contributed by atoms with Crippen LogP contribution < -0.4 is 19.6 Å². The molecule has 3 heterocycles. The number of nitrogens with zero attached hydrogens (tertiary/aromatic N) is 2. The fraction of sp³-hybridized carbons (Fsp3) is 0.222. The van der Waals surface area contributed by atoms with Gasteiger partial charge in [0.05, 0.1) is 38.3 Å². The third-order valence-corrected chi connectivity index (χ3v) is 6.20. The molecular formula is C27H24N2O6. The lowest BCUT2D eigenvalue weighted by atomic mass is 9.97. The predicted molar refractivity (Wildman–Crippen MR) is 129 cm³/mol. The molecule has 0 saturated heterocycles. The van der Waals surface area contributed by atoms with Crippen molar-refractivity contribution in [2.45, 2.75) is 19.5 Å². The molecule has 5 rings (SSSR count). The Balaban J connectivity index is 1.78. The first-order valence-electron chi connectivity index (χ1n) is 11.0. The second kappa shape index (κ2) is 8.79. The fourth-order valence-corrected chi connectivity index (χ4v) is 4.59. The summed E-state index contributed by atoms with van der Waals surface area (Å²) in [6.45, 7) is 2.13. The van der Waals surface area contributed by atoms with E-state index in [1.54, 1.807) is 47.6 Å². The molecule has 0 spiro atoms. The molecule has 1 aliphatic heterocycles. The highest BCUT2D eigenvalue weighted by molar-refractivity contribution is 5.99. The lowest BCUT2D eigenvalue weighted by molar-refractivity contribution is 0.0713. The van der Waals surface area contributed by atoms with Crippen molar-refractivity contribution in [3.63, 3.8) is 0 Å². The van der Waals surface area contributed by atoms with Gasteiger partial charge in [0.15, 0.2) is 16.9 Å². The van der Waals surface area contributed by atoms with Crippen LogP contribution in [0.2, 0.25) is 0 Å². The molecule has 0 N–H and O–H groups in total. The van der Waals surface area contributed by atoms with E-state index in [1.165, 1.54) is 21.3 Å². The first kappa shape index (κ1) is 22.5. The Morgan fingerprint density at radius 1 is 1.00 bits per heavy atom. The van der Waals surface area contributed by atoms with Crippen LogP contribution in [0.5, 0.6) is 17.2 Å². The largest absolute Gasteiger partial charge is 0.493 e. The quantitative estimate of drug-likeness (QED) is 0.414. The Morgan fingerprint density at radius 3 is 2.37 bits per heavy atom. The molecule has 178 valence electrons. The molecule has 2 aromatic heterocycles. The number of pyridine rings is 1. The number of rotatable bonds is 6. The average Bonchev–Trinajstić information content (AvgIpc) is 3.15. The molecule has 2 aromatic carbocycles. The zero-order valence-corrected chi connectivity index (χ0v) is 19.8. The third kappa shape index (κ3) is 3.67. The summed E-state index contributed by atoms with van der Waals surface area (Å²) in [5.74, 6) is 0.926. The Morgan fingerprint density at radius 2 is 1.74 bits per heavy atom. The molecule has 0 radical (unpaired) electrons. The van der Waals surface area contributed by atoms with Gasteiger partial charge in [-0.25, -0.2) is 0 Å². The number of hydrogen-bond acceptors (Lipinski definition) is 7. The van der Waals surface area contributed by atoms with Crippen LogP contribution in [0.15, 0.2) is 64.1 Å². The van der Waals surface area contributed by atoms with Gasteiger partial charge in [0.2, 0.25) is 11.5 Å². The van der Waals surface area contributed by atoms with Gasteiger partial charge in [0, 0.05) is 18.9 Å². The Labute approximate surface area is 201 Å². The van der Waals surface area contributed by atoms with Crippen molar-refractivity contribution in [2.24, 2.45) is 0 Å². The van der Waals surface area contributed by atoms with Crippen molar-refractivity contribution < 1.29 is 23.4 Å². The lowest BCUT2D eigenvalue weighted by Gasteiger charge is -2.26. The Bertz CT molecular complexity index is 1470. The van der Waals surface area contributed by atoms with Crippen molar-refractivity contribution >= 4 is 16.9 Å². The fourth-order valence-electron chi connectivity index (χ4n) is 4.59. The molecule has 0 aliphatic carbocycles. The van der Waals surface area contributed by atoms with Crippen LogP contribution in [0.1, 0.15) is 38.9 Å². The summed E-state index contributed by atoms with van der Waals surface area (Å²) in [7, 11) is 4.56. The number of carbonyl (C=O) groups is 1. The minimum absolute atomic E-state index is 0.0361. The molecule has 0 fully saturated rings. The van der Waals surface area contributed by atoms with E-state index >= 15 is 0 Å². The van der Waals surface area contributed by atoms with E-state index in [0.29, 0.717) is 33.8 Å². The standard InChI is InChI=1S/C27H24N2O6/c1-15-7-8-19-18(10-15)24(30)22-23(17-11-20(32-2)25(34-4)21(12-17)33-3)29(27(31)26(22)35-19)14-16-6-5-9-28-13-16/h5-13,23H,14H2,1-4H3. The van der Waals surface area contributed by atoms with E-state index in [-0.39, 0.29) is 29.2 Å². The highest BCUT2D eigenvalue weighted by Gasteiger charge is 2.43. The third-order valence-electron chi connectivity index (χ3n) is 6.20. The van der Waals surface area contributed by atoms with Gasteiger partial charge in [0.1, 0.15) is 5.58 Å². The van der Waals surface area contributed by atoms with Crippen molar-refractivity contribution in [2.75, 3.05) is 21.3 Å². The van der Waals surface area contributed by atoms with Gasteiger partial charge in [-0.2, -0.15) is 0 Å². The second-order valence-corrected chi connectivity index (χ2v) is 8.33. The number of carbonyl (C=O) groups excluding carboxylic acids is 1. The predicted octanol–water partition coefficient (Wildman–Crippen LogP) is 4.27. The highest BCUT2D eigenvalue weighted by Crippen LogP contribution is 2.45. The van der Waals surface area contributed by atoms with Gasteiger partial charge >= 0.3 is 0 Å². The molecule has 0 saturated carbocycles. The highest BCUT2D eigenvalue weighted by atomic mass is 16.5. The SMILES string of the molecule is COc1cc(C2c3c(oc4ccc(C)cc4c3=O)C(=O)N2Cc2cccnc2)cc(OC)c1OC. The number of amides is 1. The van der Waals surface area contributed by atoms with E-state index in [0.717, 1.165) is 11.1 Å². The number of benzene rings is 2. The first-order valence-corrected chi connectivity index (χ1v) is 11.0. The molecule has 1 unspecified atom stereocenters. The second-order valence-electron chi connectivity index (χ2n) is 8.33. The summed E-state index contributed by atoms with van der Waals surface area (Å²) in [6, 6.07) is 11.8. The number of hydrogen-bond donors (Lipinski definition) is 0. The molecule has 8 heteroatoms. The number of ether oxygens (including phenoxy) is 3. The molecule has 0 bridgehead atoms. The van der Waals surface area contributed by atoms with E-state index in [9.17, 15) is 9.59 Å². The molecule has 8 nitrogen and oxygen atoms in total. The van der Waals surface area contributed by atoms with Gasteiger partial charge < -0.3 is 23.5 Å². The molecule has 1 aliphatic rings. The number of aryl methyl sites for hydroxylation is 1. The molecule has 1 atom stereocenters. The average molecular weight is 472 g/mol. The monoisotopic (exact) mass is 472 g/mol. The molecule has 4 aromatic rings. The maximum Gasteiger partial charge on any atom is 0.291 e. The van der Waals surface area contributed by atoms with Gasteiger partial charge in [-0.1, -0.05) is 17.7 Å². The van der Waals surface area contributed by atoms with Crippen LogP contribution in [0.4, 0.5) is 0 Å². The normalized spacial score (nSPS) is 14.8. The maximum atomic E-state index is 13.8. The van der Waals surface area contributed by atoms with Gasteiger partial charge in [-0.15, -0.1) is 0 Å². The molecular weight excluding hydrogens is 448 g/mol. The topological polar surface area (TPSA) is 91.1 Å². The number of aromatic nitrogens is 1. The summed E-state index contributed by atoms with van der Waals surface area (Å²) in [4.78, 5) is 33.2. The van der Waals surface area contributed by atoms with Crippen LogP contribution in [0.25, 0.3) is 11.0 Å². The summed E-state index contributed by atoms with van der Waals surface area (Å²) in [6.07, 6.45) is 3.36. The maximum absolute atomic E-state index is 13.8. The van der Waals surface area contributed by atoms with Gasteiger partial charge in [0.25, 0.3) is 5.91 Å². The van der Waals surface area contributed by atoms with Crippen molar-refractivity contribution in [1.82, 2.24) is 9.88 Å². The van der Waals surface area contributed by atoms with Crippen LogP contribution in [-0.2, 0) is 6.54 Å². The van der Waals surface area contributed by atoms with E-state index < -0.39 is 6.04 Å². The Kier molecular flexibility index (Phi) is 5.64. The lowest BCUT2D eigenvalue weighted by Crippen LogP contribution is -2.29. The van der Waals surface area contributed by atoms with Gasteiger partial charge in [-0.3, -0.25) is 14.6 Å². The van der Waals surface area contributed by atoms with Crippen molar-refractivity contribution in [3.05, 3.63) is 93.1 Å². The zero-order chi connectivity index (χ0) is 24.7.